The van der Waals surface area contributed by atoms with Crippen LogP contribution in [0, 0.1) is 5.92 Å². The fourth-order valence-electron chi connectivity index (χ4n) is 3.57. The summed E-state index contributed by atoms with van der Waals surface area (Å²) in [7, 11) is 0. The number of carbonyl (C=O) groups excluding carboxylic acids is 1. The average Bonchev–Trinajstić information content (AvgIpc) is 2.91. The number of nitrogens with one attached hydrogen (secondary N) is 1. The maximum Gasteiger partial charge on any atom is 0.227 e. The molecule has 0 radical (unpaired) electrons. The van der Waals surface area contributed by atoms with E-state index < -0.39 is 0 Å². The fraction of sp³-hybridized carbons (Fsp3) is 0.917. The lowest BCUT2D eigenvalue weighted by Crippen LogP contribution is -2.42. The van der Waals surface area contributed by atoms with Crippen molar-refractivity contribution in [2.24, 2.45) is 5.92 Å². The molecule has 0 aliphatic carbocycles. The van der Waals surface area contributed by atoms with E-state index in [-0.39, 0.29) is 0 Å². The van der Waals surface area contributed by atoms with Crippen LogP contribution >= 0.6 is 0 Å². The van der Waals surface area contributed by atoms with Crippen molar-refractivity contribution in [3.8, 4) is 0 Å². The van der Waals surface area contributed by atoms with Crippen LogP contribution in [0.1, 0.15) is 39.0 Å². The highest BCUT2D eigenvalue weighted by molar-refractivity contribution is 5.80. The minimum Gasteiger partial charge on any atom is -0.340 e. The summed E-state index contributed by atoms with van der Waals surface area (Å²) in [4.78, 5) is 14.5. The van der Waals surface area contributed by atoms with Crippen LogP contribution < -0.4 is 5.32 Å². The summed E-state index contributed by atoms with van der Waals surface area (Å²) in [6.07, 6.45) is 5.97. The molecule has 0 aromatic carbocycles. The van der Waals surface area contributed by atoms with E-state index in [1.165, 1.54) is 25.7 Å². The SMILES string of the molecule is CC1CCCN1C(=O)C1CC2CCC1N2. The third kappa shape index (κ3) is 1.48. The first-order valence-corrected chi connectivity index (χ1v) is 6.32. The van der Waals surface area contributed by atoms with Crippen molar-refractivity contribution < 1.29 is 4.79 Å². The molecule has 0 aromatic heterocycles. The number of hydrogen-bond donors (Lipinski definition) is 1. The van der Waals surface area contributed by atoms with E-state index in [1.54, 1.807) is 0 Å². The molecule has 2 bridgehead atoms. The van der Waals surface area contributed by atoms with Crippen LogP contribution in [-0.4, -0.2) is 35.5 Å². The topological polar surface area (TPSA) is 32.3 Å². The van der Waals surface area contributed by atoms with Gasteiger partial charge in [0.2, 0.25) is 5.91 Å². The molecule has 3 fully saturated rings. The maximum absolute atomic E-state index is 12.3. The molecule has 4 unspecified atom stereocenters. The standard InChI is InChI=1S/C12H20N2O/c1-8-3-2-6-14(8)12(15)10-7-9-4-5-11(10)13-9/h8-11,13H,2-7H2,1H3. The molecule has 0 spiro atoms. The van der Waals surface area contributed by atoms with Crippen LogP contribution in [0.4, 0.5) is 0 Å². The quantitative estimate of drug-likeness (QED) is 0.701. The summed E-state index contributed by atoms with van der Waals surface area (Å²) in [6, 6.07) is 1.62. The summed E-state index contributed by atoms with van der Waals surface area (Å²) in [5.74, 6) is 0.726. The van der Waals surface area contributed by atoms with E-state index in [1.807, 2.05) is 0 Å². The molecular formula is C12H20N2O. The number of hydrogen-bond acceptors (Lipinski definition) is 2. The van der Waals surface area contributed by atoms with Crippen molar-refractivity contribution in [2.75, 3.05) is 6.54 Å². The van der Waals surface area contributed by atoms with Gasteiger partial charge in [0.05, 0.1) is 5.92 Å². The summed E-state index contributed by atoms with van der Waals surface area (Å²) in [5.41, 5.74) is 0. The average molecular weight is 208 g/mol. The molecule has 3 rings (SSSR count). The lowest BCUT2D eigenvalue weighted by molar-refractivity contribution is -0.136. The molecule has 4 atom stereocenters. The molecule has 0 aromatic rings. The van der Waals surface area contributed by atoms with E-state index in [0.717, 1.165) is 13.0 Å². The lowest BCUT2D eigenvalue weighted by atomic mass is 9.88. The van der Waals surface area contributed by atoms with Gasteiger partial charge in [0.15, 0.2) is 0 Å². The van der Waals surface area contributed by atoms with E-state index in [9.17, 15) is 4.79 Å². The maximum atomic E-state index is 12.3. The van der Waals surface area contributed by atoms with Crippen molar-refractivity contribution in [3.63, 3.8) is 0 Å². The van der Waals surface area contributed by atoms with Crippen LogP contribution in [0.15, 0.2) is 0 Å². The lowest BCUT2D eigenvalue weighted by Gasteiger charge is -2.28. The van der Waals surface area contributed by atoms with Crippen molar-refractivity contribution in [1.82, 2.24) is 10.2 Å². The summed E-state index contributed by atoms with van der Waals surface area (Å²) >= 11 is 0. The number of amides is 1. The molecule has 3 heteroatoms. The molecule has 3 heterocycles. The van der Waals surface area contributed by atoms with Gasteiger partial charge in [0, 0.05) is 24.7 Å². The van der Waals surface area contributed by atoms with E-state index in [2.05, 4.69) is 17.1 Å². The highest BCUT2D eigenvalue weighted by atomic mass is 16.2. The van der Waals surface area contributed by atoms with Crippen molar-refractivity contribution >= 4 is 5.91 Å². The predicted octanol–water partition coefficient (Wildman–Crippen LogP) is 1.14. The Morgan fingerprint density at radius 3 is 2.73 bits per heavy atom. The summed E-state index contributed by atoms with van der Waals surface area (Å²) in [6.45, 7) is 3.18. The number of fused-ring (bicyclic) bond motifs is 2. The van der Waals surface area contributed by atoms with Gasteiger partial charge in [-0.05, 0) is 39.0 Å². The van der Waals surface area contributed by atoms with Crippen LogP contribution in [0.25, 0.3) is 0 Å². The number of carbonyl (C=O) groups is 1. The van der Waals surface area contributed by atoms with Gasteiger partial charge in [-0.25, -0.2) is 0 Å². The number of rotatable bonds is 1. The second kappa shape index (κ2) is 3.48. The zero-order valence-electron chi connectivity index (χ0n) is 9.41. The molecular weight excluding hydrogens is 188 g/mol. The molecule has 3 aliphatic heterocycles. The molecule has 3 saturated heterocycles. The van der Waals surface area contributed by atoms with E-state index >= 15 is 0 Å². The van der Waals surface area contributed by atoms with Crippen molar-refractivity contribution in [1.29, 1.82) is 0 Å². The predicted molar refractivity (Wildman–Crippen MR) is 58.5 cm³/mol. The second-order valence-corrected chi connectivity index (χ2v) is 5.41. The smallest absolute Gasteiger partial charge is 0.227 e. The van der Waals surface area contributed by atoms with E-state index in [0.29, 0.717) is 30.0 Å². The first-order chi connectivity index (χ1) is 7.25. The van der Waals surface area contributed by atoms with Gasteiger partial charge in [0.25, 0.3) is 0 Å². The Balaban J connectivity index is 1.69. The molecule has 3 nitrogen and oxygen atoms in total. The molecule has 15 heavy (non-hydrogen) atoms. The van der Waals surface area contributed by atoms with Gasteiger partial charge in [0.1, 0.15) is 0 Å². The zero-order chi connectivity index (χ0) is 10.4. The first kappa shape index (κ1) is 9.64. The van der Waals surface area contributed by atoms with Gasteiger partial charge >= 0.3 is 0 Å². The minimum atomic E-state index is 0.296. The van der Waals surface area contributed by atoms with Crippen LogP contribution in [0.5, 0.6) is 0 Å². The Morgan fingerprint density at radius 1 is 1.33 bits per heavy atom. The highest BCUT2D eigenvalue weighted by Crippen LogP contribution is 2.35. The Morgan fingerprint density at radius 2 is 2.20 bits per heavy atom. The van der Waals surface area contributed by atoms with Crippen LogP contribution in [-0.2, 0) is 4.79 Å². The fourth-order valence-corrected chi connectivity index (χ4v) is 3.57. The normalized spacial score (nSPS) is 43.9. The first-order valence-electron chi connectivity index (χ1n) is 6.32. The zero-order valence-corrected chi connectivity index (χ0v) is 9.41. The highest BCUT2D eigenvalue weighted by Gasteiger charge is 2.45. The van der Waals surface area contributed by atoms with Crippen molar-refractivity contribution in [3.05, 3.63) is 0 Å². The van der Waals surface area contributed by atoms with Gasteiger partial charge < -0.3 is 10.2 Å². The van der Waals surface area contributed by atoms with Gasteiger partial charge in [-0.3, -0.25) is 4.79 Å². The van der Waals surface area contributed by atoms with E-state index in [4.69, 9.17) is 0 Å². The summed E-state index contributed by atoms with van der Waals surface area (Å²) < 4.78 is 0. The molecule has 0 saturated carbocycles. The van der Waals surface area contributed by atoms with Crippen molar-refractivity contribution in [2.45, 2.75) is 57.2 Å². The van der Waals surface area contributed by atoms with Crippen LogP contribution in [0.3, 0.4) is 0 Å². The Bertz CT molecular complexity index is 279. The Labute approximate surface area is 91.2 Å². The molecule has 3 aliphatic rings. The number of likely N-dealkylation sites (tertiary alicyclic amines) is 1. The number of nitrogens with zero attached hydrogens (tertiary/aromatic N) is 1. The molecule has 84 valence electrons. The van der Waals surface area contributed by atoms with Crippen LogP contribution in [0.2, 0.25) is 0 Å². The van der Waals surface area contributed by atoms with Gasteiger partial charge in [-0.15, -0.1) is 0 Å². The Kier molecular flexibility index (Phi) is 2.23. The minimum absolute atomic E-state index is 0.296. The third-order valence-electron chi connectivity index (χ3n) is 4.45. The van der Waals surface area contributed by atoms with Gasteiger partial charge in [-0.2, -0.15) is 0 Å². The van der Waals surface area contributed by atoms with Gasteiger partial charge in [-0.1, -0.05) is 0 Å². The monoisotopic (exact) mass is 208 g/mol. The summed E-state index contributed by atoms with van der Waals surface area (Å²) in [5, 5.41) is 3.55. The third-order valence-corrected chi connectivity index (χ3v) is 4.45. The second-order valence-electron chi connectivity index (χ2n) is 5.41. The Hall–Kier alpha value is -0.570. The largest absolute Gasteiger partial charge is 0.340 e. The molecule has 1 amide bonds. The molecule has 1 N–H and O–H groups in total.